The van der Waals surface area contributed by atoms with Crippen molar-refractivity contribution in [3.63, 3.8) is 0 Å². The van der Waals surface area contributed by atoms with Crippen molar-refractivity contribution in [3.8, 4) is 16.9 Å². The third kappa shape index (κ3) is 5.17. The van der Waals surface area contributed by atoms with E-state index in [2.05, 4.69) is 19.5 Å². The lowest BCUT2D eigenvalue weighted by molar-refractivity contribution is -0.274. The molecule has 0 saturated carbocycles. The molecule has 0 radical (unpaired) electrons. The number of hydrogen-bond donors (Lipinski definition) is 0. The highest BCUT2D eigenvalue weighted by molar-refractivity contribution is 9.46. The van der Waals surface area contributed by atoms with E-state index in [9.17, 15) is 43.7 Å². The number of ether oxygens (including phenoxy) is 1. The van der Waals surface area contributed by atoms with Crippen molar-refractivity contribution in [2.75, 3.05) is 0 Å². The predicted molar refractivity (Wildman–Crippen MR) is 119 cm³/mol. The maximum absolute atomic E-state index is 13.2. The molecular weight excluding hydrogens is 591 g/mol. The standard InChI is InChI=1S/C23H10BrF9O2S/c24-36(34)18-8-2-12-10-14(22(28,29)30)4-6-16(12)20(18)19-15-5-3-13(21(25,26)27)9-11(15)1-7-17(19)35-23(31,32)33/h1-10H. The van der Waals surface area contributed by atoms with Crippen LogP contribution >= 0.6 is 14.8 Å². The van der Waals surface area contributed by atoms with E-state index in [-0.39, 0.29) is 37.6 Å². The number of hydrogen-bond acceptors (Lipinski definition) is 2. The Kier molecular flexibility index (Phi) is 6.53. The molecule has 13 heteroatoms. The average molecular weight is 601 g/mol. The molecule has 190 valence electrons. The zero-order valence-corrected chi connectivity index (χ0v) is 19.7. The van der Waals surface area contributed by atoms with Gasteiger partial charge in [0.05, 0.1) is 16.0 Å². The smallest absolute Gasteiger partial charge is 0.405 e. The third-order valence-corrected chi connectivity index (χ3v) is 7.00. The summed E-state index contributed by atoms with van der Waals surface area (Å²) in [6.45, 7) is 0. The highest BCUT2D eigenvalue weighted by Gasteiger charge is 2.35. The van der Waals surface area contributed by atoms with Crippen LogP contribution in [0.15, 0.2) is 65.6 Å². The molecule has 4 aromatic carbocycles. The Hall–Kier alpha value is -2.80. The van der Waals surface area contributed by atoms with E-state index in [4.69, 9.17) is 0 Å². The van der Waals surface area contributed by atoms with Crippen LogP contribution in [-0.2, 0) is 21.6 Å². The second kappa shape index (κ2) is 8.94. The molecule has 4 rings (SSSR count). The van der Waals surface area contributed by atoms with E-state index in [0.717, 1.165) is 36.4 Å². The number of halogens is 10. The molecule has 0 aliphatic carbocycles. The quantitative estimate of drug-likeness (QED) is 0.173. The fraction of sp³-hybridized carbons (Fsp3) is 0.130. The van der Waals surface area contributed by atoms with E-state index in [1.54, 1.807) is 0 Å². The van der Waals surface area contributed by atoms with Crippen molar-refractivity contribution in [3.05, 3.63) is 71.8 Å². The molecule has 0 aliphatic heterocycles. The van der Waals surface area contributed by atoms with Gasteiger partial charge in [0.1, 0.15) is 15.0 Å². The first-order valence-corrected chi connectivity index (χ1v) is 12.7. The Morgan fingerprint density at radius 3 is 1.56 bits per heavy atom. The molecule has 0 aliphatic rings. The summed E-state index contributed by atoms with van der Waals surface area (Å²) in [5, 5.41) is -0.322. The van der Waals surface area contributed by atoms with Gasteiger partial charge in [0.15, 0.2) is 0 Å². The van der Waals surface area contributed by atoms with Crippen molar-refractivity contribution < 1.29 is 48.5 Å². The zero-order chi connectivity index (χ0) is 26.6. The minimum Gasteiger partial charge on any atom is -0.405 e. The zero-order valence-electron chi connectivity index (χ0n) is 17.3. The first kappa shape index (κ1) is 26.3. The highest BCUT2D eigenvalue weighted by Crippen LogP contribution is 2.47. The van der Waals surface area contributed by atoms with Gasteiger partial charge in [-0.1, -0.05) is 24.3 Å². The van der Waals surface area contributed by atoms with Gasteiger partial charge in [-0.25, -0.2) is 4.21 Å². The lowest BCUT2D eigenvalue weighted by Gasteiger charge is -2.20. The molecule has 0 saturated heterocycles. The maximum atomic E-state index is 13.2. The fourth-order valence-electron chi connectivity index (χ4n) is 3.83. The van der Waals surface area contributed by atoms with Crippen molar-refractivity contribution >= 4 is 45.6 Å². The van der Waals surface area contributed by atoms with Crippen LogP contribution in [-0.4, -0.2) is 10.6 Å². The highest BCUT2D eigenvalue weighted by atomic mass is 79.9. The lowest BCUT2D eigenvalue weighted by atomic mass is 9.91. The SMILES string of the molecule is O=S(Br)c1ccc2cc(C(F)(F)F)ccc2c1-c1c(OC(F)(F)F)ccc2cc(C(F)(F)F)ccc12. The molecule has 0 N–H and O–H groups in total. The van der Waals surface area contributed by atoms with Crippen molar-refractivity contribution in [1.29, 1.82) is 0 Å². The minimum absolute atomic E-state index is 0.0206. The summed E-state index contributed by atoms with van der Waals surface area (Å²) >= 11 is 2.83. The number of alkyl halides is 9. The van der Waals surface area contributed by atoms with E-state index in [1.165, 1.54) is 6.07 Å². The number of rotatable bonds is 3. The summed E-state index contributed by atoms with van der Waals surface area (Å²) in [6.07, 6.45) is -14.7. The Morgan fingerprint density at radius 1 is 0.639 bits per heavy atom. The topological polar surface area (TPSA) is 26.3 Å². The Morgan fingerprint density at radius 2 is 1.11 bits per heavy atom. The lowest BCUT2D eigenvalue weighted by Crippen LogP contribution is -2.18. The molecule has 0 spiro atoms. The van der Waals surface area contributed by atoms with E-state index < -0.39 is 44.8 Å². The molecular formula is C23H10BrF9O2S. The second-order valence-electron chi connectivity index (χ2n) is 7.52. The van der Waals surface area contributed by atoms with Gasteiger partial charge in [-0.05, 0) is 57.9 Å². The van der Waals surface area contributed by atoms with Crippen LogP contribution in [0.3, 0.4) is 0 Å². The Labute approximate surface area is 206 Å². The van der Waals surface area contributed by atoms with E-state index in [1.807, 2.05) is 0 Å². The van der Waals surface area contributed by atoms with Gasteiger partial charge in [0.25, 0.3) is 0 Å². The van der Waals surface area contributed by atoms with E-state index in [0.29, 0.717) is 18.2 Å². The van der Waals surface area contributed by atoms with Crippen LogP contribution in [0.1, 0.15) is 11.1 Å². The normalized spacial score (nSPS) is 13.8. The van der Waals surface area contributed by atoms with Crippen molar-refractivity contribution in [2.45, 2.75) is 23.6 Å². The van der Waals surface area contributed by atoms with Crippen LogP contribution in [0, 0.1) is 0 Å². The monoisotopic (exact) mass is 600 g/mol. The maximum Gasteiger partial charge on any atom is 0.573 e. The van der Waals surface area contributed by atoms with Crippen LogP contribution in [0.4, 0.5) is 39.5 Å². The van der Waals surface area contributed by atoms with Gasteiger partial charge in [-0.2, -0.15) is 26.3 Å². The Bertz CT molecular complexity index is 1510. The second-order valence-corrected chi connectivity index (χ2v) is 10.2. The van der Waals surface area contributed by atoms with Gasteiger partial charge >= 0.3 is 18.7 Å². The molecule has 0 amide bonds. The van der Waals surface area contributed by atoms with Crippen molar-refractivity contribution in [2.24, 2.45) is 0 Å². The summed E-state index contributed by atoms with van der Waals surface area (Å²) in [7, 11) is -2.04. The molecule has 0 heterocycles. The summed E-state index contributed by atoms with van der Waals surface area (Å²) in [6, 6.07) is 8.91. The summed E-state index contributed by atoms with van der Waals surface area (Å²) in [5.74, 6) is -0.832. The molecule has 0 aromatic heterocycles. The molecule has 2 nitrogen and oxygen atoms in total. The Balaban J connectivity index is 2.15. The molecule has 1 unspecified atom stereocenters. The molecule has 0 bridgehead atoms. The molecule has 36 heavy (non-hydrogen) atoms. The average Bonchev–Trinajstić information content (AvgIpc) is 2.75. The molecule has 4 aromatic rings. The number of fused-ring (bicyclic) bond motifs is 2. The van der Waals surface area contributed by atoms with Gasteiger partial charge < -0.3 is 4.74 Å². The van der Waals surface area contributed by atoms with Crippen LogP contribution in [0.25, 0.3) is 32.7 Å². The molecule has 1 atom stereocenters. The van der Waals surface area contributed by atoms with Crippen LogP contribution in [0.2, 0.25) is 0 Å². The summed E-state index contributed by atoms with van der Waals surface area (Å²) in [4.78, 5) is -0.123. The minimum atomic E-state index is -5.21. The fourth-order valence-corrected chi connectivity index (χ4v) is 5.19. The largest absolute Gasteiger partial charge is 0.573 e. The van der Waals surface area contributed by atoms with Gasteiger partial charge in [0.2, 0.25) is 0 Å². The van der Waals surface area contributed by atoms with Crippen LogP contribution < -0.4 is 4.74 Å². The molecule has 0 fully saturated rings. The van der Waals surface area contributed by atoms with Gasteiger partial charge in [-0.15, -0.1) is 13.2 Å². The van der Waals surface area contributed by atoms with Gasteiger partial charge in [-0.3, -0.25) is 0 Å². The van der Waals surface area contributed by atoms with Crippen LogP contribution in [0.5, 0.6) is 5.75 Å². The first-order valence-electron chi connectivity index (χ1n) is 9.68. The number of benzene rings is 4. The van der Waals surface area contributed by atoms with Gasteiger partial charge in [0, 0.05) is 25.9 Å². The summed E-state index contributed by atoms with van der Waals surface area (Å²) < 4.78 is 136. The predicted octanol–water partition coefficient (Wildman–Crippen LogP) is 9.01. The third-order valence-electron chi connectivity index (χ3n) is 5.27. The van der Waals surface area contributed by atoms with E-state index >= 15 is 0 Å². The summed E-state index contributed by atoms with van der Waals surface area (Å²) in [5.41, 5.74) is -2.68. The van der Waals surface area contributed by atoms with Crippen molar-refractivity contribution in [1.82, 2.24) is 0 Å². The first-order chi connectivity index (χ1) is 16.6.